The number of halogens is 1. The first kappa shape index (κ1) is 24.3. The zero-order valence-electron chi connectivity index (χ0n) is 16.5. The molecule has 5 nitrogen and oxygen atoms in total. The summed E-state index contributed by atoms with van der Waals surface area (Å²) in [4.78, 5) is 11.3. The van der Waals surface area contributed by atoms with Gasteiger partial charge in [-0.2, -0.15) is 0 Å². The Hall–Kier alpha value is -1.73. The number of carbonyl (C=O) groups excluding carboxylic acids is 1. The molecular weight excluding hydrogens is 422 g/mol. The van der Waals surface area contributed by atoms with Crippen molar-refractivity contribution in [3.8, 4) is 0 Å². The van der Waals surface area contributed by atoms with E-state index in [1.165, 1.54) is 13.0 Å². The van der Waals surface area contributed by atoms with Crippen LogP contribution < -0.4 is 5.11 Å². The SMILES string of the molecule is Br.CC[N+]1(C)CCCC(O)C1.O=C([O-])C(O)(c1ccccc1)c1ccccc1. The second kappa shape index (κ2) is 10.7. The molecule has 0 radical (unpaired) electrons. The molecule has 3 rings (SSSR count). The fourth-order valence-corrected chi connectivity index (χ4v) is 3.45. The van der Waals surface area contributed by atoms with Crippen molar-refractivity contribution in [3.63, 3.8) is 0 Å². The number of aliphatic hydroxyl groups excluding tert-OH is 1. The van der Waals surface area contributed by atoms with Crippen molar-refractivity contribution in [2.75, 3.05) is 26.7 Å². The van der Waals surface area contributed by atoms with Crippen molar-refractivity contribution in [2.45, 2.75) is 31.5 Å². The molecule has 28 heavy (non-hydrogen) atoms. The molecule has 0 saturated carbocycles. The summed E-state index contributed by atoms with van der Waals surface area (Å²) in [5.74, 6) is -1.53. The Morgan fingerprint density at radius 1 is 1.11 bits per heavy atom. The Balaban J connectivity index is 0.000000307. The summed E-state index contributed by atoms with van der Waals surface area (Å²) in [6.07, 6.45) is 2.15. The van der Waals surface area contributed by atoms with E-state index < -0.39 is 11.6 Å². The number of carbonyl (C=O) groups is 1. The van der Waals surface area contributed by atoms with Crippen LogP contribution in [0.5, 0.6) is 0 Å². The van der Waals surface area contributed by atoms with E-state index in [0.717, 1.165) is 24.0 Å². The molecule has 1 saturated heterocycles. The number of carboxylic acid groups (broad SMARTS) is 1. The van der Waals surface area contributed by atoms with Gasteiger partial charge >= 0.3 is 0 Å². The van der Waals surface area contributed by atoms with Crippen molar-refractivity contribution in [2.24, 2.45) is 0 Å². The van der Waals surface area contributed by atoms with E-state index in [2.05, 4.69) is 14.0 Å². The first-order valence-corrected chi connectivity index (χ1v) is 9.38. The summed E-state index contributed by atoms with van der Waals surface area (Å²) in [5, 5.41) is 31.0. The van der Waals surface area contributed by atoms with Gasteiger partial charge in [0, 0.05) is 0 Å². The second-order valence-electron chi connectivity index (χ2n) is 7.37. The summed E-state index contributed by atoms with van der Waals surface area (Å²) in [6, 6.07) is 16.4. The highest BCUT2D eigenvalue weighted by Gasteiger charge is 2.33. The van der Waals surface area contributed by atoms with E-state index in [-0.39, 0.29) is 34.2 Å². The summed E-state index contributed by atoms with van der Waals surface area (Å²) in [5.41, 5.74) is -1.54. The van der Waals surface area contributed by atoms with Crippen molar-refractivity contribution in [1.82, 2.24) is 0 Å². The Kier molecular flexibility index (Phi) is 9.30. The molecule has 2 unspecified atom stereocenters. The van der Waals surface area contributed by atoms with Gasteiger partial charge in [-0.05, 0) is 30.9 Å². The van der Waals surface area contributed by atoms with Crippen LogP contribution in [0.4, 0.5) is 0 Å². The largest absolute Gasteiger partial charge is 0.546 e. The number of carboxylic acids is 1. The number of piperidine rings is 1. The third-order valence-corrected chi connectivity index (χ3v) is 5.33. The number of likely N-dealkylation sites (tertiary alicyclic amines) is 1. The van der Waals surface area contributed by atoms with Crippen molar-refractivity contribution < 1.29 is 24.6 Å². The zero-order valence-corrected chi connectivity index (χ0v) is 18.2. The molecule has 1 heterocycles. The number of aliphatic hydroxyl groups is 2. The first-order valence-electron chi connectivity index (χ1n) is 9.38. The van der Waals surface area contributed by atoms with E-state index in [4.69, 9.17) is 0 Å². The highest BCUT2D eigenvalue weighted by atomic mass is 79.9. The minimum Gasteiger partial charge on any atom is -0.546 e. The molecule has 2 N–H and O–H groups in total. The Labute approximate surface area is 177 Å². The fourth-order valence-electron chi connectivity index (χ4n) is 3.45. The van der Waals surface area contributed by atoms with Crippen LogP contribution in [0.2, 0.25) is 0 Å². The van der Waals surface area contributed by atoms with Gasteiger partial charge in [0.05, 0.1) is 26.1 Å². The third-order valence-electron chi connectivity index (χ3n) is 5.33. The fraction of sp³-hybridized carbons (Fsp3) is 0.409. The lowest BCUT2D eigenvalue weighted by molar-refractivity contribution is -0.915. The average Bonchev–Trinajstić information content (AvgIpc) is 2.69. The zero-order chi connectivity index (χ0) is 19.9. The van der Waals surface area contributed by atoms with E-state index in [1.54, 1.807) is 60.7 Å². The maximum absolute atomic E-state index is 11.3. The molecular formula is C22H30BrNO4. The molecule has 0 amide bonds. The second-order valence-corrected chi connectivity index (χ2v) is 7.37. The number of hydrogen-bond donors (Lipinski definition) is 2. The van der Waals surface area contributed by atoms with Gasteiger partial charge in [-0.25, -0.2) is 0 Å². The molecule has 0 aliphatic carbocycles. The van der Waals surface area contributed by atoms with Crippen LogP contribution in [0.25, 0.3) is 0 Å². The number of benzene rings is 2. The van der Waals surface area contributed by atoms with E-state index in [1.807, 2.05) is 0 Å². The summed E-state index contributed by atoms with van der Waals surface area (Å²) in [7, 11) is 2.22. The van der Waals surface area contributed by atoms with Gasteiger partial charge in [0.2, 0.25) is 0 Å². The molecule has 1 aliphatic heterocycles. The molecule has 1 aliphatic rings. The number of aliphatic carboxylic acids is 1. The molecule has 154 valence electrons. The Morgan fingerprint density at radius 3 is 1.89 bits per heavy atom. The monoisotopic (exact) mass is 451 g/mol. The summed E-state index contributed by atoms with van der Waals surface area (Å²) < 4.78 is 1.06. The maximum Gasteiger partial charge on any atom is 0.154 e. The highest BCUT2D eigenvalue weighted by molar-refractivity contribution is 8.93. The smallest absolute Gasteiger partial charge is 0.154 e. The van der Waals surface area contributed by atoms with Gasteiger partial charge in [-0.3, -0.25) is 0 Å². The number of nitrogens with zero attached hydrogens (tertiary/aromatic N) is 1. The molecule has 2 aromatic rings. The predicted octanol–water partition coefficient (Wildman–Crippen LogP) is 1.86. The Bertz CT molecular complexity index is 686. The summed E-state index contributed by atoms with van der Waals surface area (Å²) in [6.45, 7) is 5.54. The third kappa shape index (κ3) is 5.88. The van der Waals surface area contributed by atoms with Crippen LogP contribution in [0.3, 0.4) is 0 Å². The van der Waals surface area contributed by atoms with E-state index in [0.29, 0.717) is 0 Å². The van der Waals surface area contributed by atoms with Gasteiger partial charge in [-0.15, -0.1) is 17.0 Å². The Morgan fingerprint density at radius 2 is 1.57 bits per heavy atom. The average molecular weight is 452 g/mol. The van der Waals surface area contributed by atoms with Crippen LogP contribution in [0.1, 0.15) is 30.9 Å². The van der Waals surface area contributed by atoms with Crippen LogP contribution in [0.15, 0.2) is 60.7 Å². The minimum atomic E-state index is -2.11. The van der Waals surface area contributed by atoms with Crippen LogP contribution >= 0.6 is 17.0 Å². The number of hydrogen-bond acceptors (Lipinski definition) is 4. The van der Waals surface area contributed by atoms with Gasteiger partial charge in [0.1, 0.15) is 12.6 Å². The summed E-state index contributed by atoms with van der Waals surface area (Å²) >= 11 is 0. The highest BCUT2D eigenvalue weighted by Crippen LogP contribution is 2.28. The lowest BCUT2D eigenvalue weighted by atomic mass is 9.86. The quantitative estimate of drug-likeness (QED) is 0.695. The first-order chi connectivity index (χ1) is 12.8. The maximum atomic E-state index is 11.3. The molecule has 1 fully saturated rings. The lowest BCUT2D eigenvalue weighted by Gasteiger charge is -2.38. The van der Waals surface area contributed by atoms with Crippen molar-refractivity contribution >= 4 is 23.0 Å². The van der Waals surface area contributed by atoms with Crippen molar-refractivity contribution in [1.29, 1.82) is 0 Å². The topological polar surface area (TPSA) is 80.6 Å². The molecule has 0 spiro atoms. The number of quaternary nitrogens is 1. The molecule has 2 aromatic carbocycles. The number of likely N-dealkylation sites (N-methyl/N-ethyl adjacent to an activating group) is 1. The van der Waals surface area contributed by atoms with Gasteiger partial charge in [0.25, 0.3) is 0 Å². The van der Waals surface area contributed by atoms with Crippen LogP contribution in [-0.2, 0) is 10.4 Å². The van der Waals surface area contributed by atoms with Crippen molar-refractivity contribution in [3.05, 3.63) is 71.8 Å². The van der Waals surface area contributed by atoms with Gasteiger partial charge < -0.3 is 24.6 Å². The lowest BCUT2D eigenvalue weighted by Crippen LogP contribution is -2.52. The van der Waals surface area contributed by atoms with E-state index in [9.17, 15) is 20.1 Å². The van der Waals surface area contributed by atoms with E-state index >= 15 is 0 Å². The molecule has 0 aromatic heterocycles. The number of rotatable bonds is 4. The van der Waals surface area contributed by atoms with Gasteiger partial charge in [0.15, 0.2) is 5.60 Å². The molecule has 6 heteroatoms. The predicted molar refractivity (Wildman–Crippen MR) is 113 cm³/mol. The standard InChI is InChI=1S/C14H12O3.C8H18NO.BrH/c15-13(16)14(17,11-7-3-1-4-8-11)12-9-5-2-6-10-12;1-3-9(2)6-4-5-8(10)7-9;/h1-10,17H,(H,15,16);8,10H,3-7H2,1-2H3;1H/q;+1;/p-1. The molecule has 0 bridgehead atoms. The normalized spacial score (nSPS) is 21.6. The van der Waals surface area contributed by atoms with Crippen LogP contribution in [0, 0.1) is 0 Å². The van der Waals surface area contributed by atoms with Gasteiger partial charge in [-0.1, -0.05) is 60.7 Å². The molecule has 2 atom stereocenters. The minimum absolute atomic E-state index is 0. The van der Waals surface area contributed by atoms with Crippen LogP contribution in [-0.4, -0.2) is 53.5 Å².